The van der Waals surface area contributed by atoms with Crippen molar-refractivity contribution in [2.75, 3.05) is 26.2 Å². The Bertz CT molecular complexity index is 1490. The average molecular weight is 697 g/mol. The van der Waals surface area contributed by atoms with Gasteiger partial charge in [-0.2, -0.15) is 0 Å². The quantitative estimate of drug-likeness (QED) is 0.302. The van der Waals surface area contributed by atoms with Gasteiger partial charge in [0.05, 0.1) is 24.3 Å². The zero-order chi connectivity index (χ0) is 36.4. The van der Waals surface area contributed by atoms with E-state index in [-0.39, 0.29) is 12.1 Å². The number of aromatic nitrogens is 2. The molecule has 5 rings (SSSR count). The van der Waals surface area contributed by atoms with E-state index >= 15 is 0 Å². The third-order valence-electron chi connectivity index (χ3n) is 8.75. The third kappa shape index (κ3) is 11.1. The number of rotatable bonds is 5. The highest BCUT2D eigenvalue weighted by atomic mass is 35.5. The van der Waals surface area contributed by atoms with Crippen LogP contribution in [0.2, 0.25) is 5.02 Å². The van der Waals surface area contributed by atoms with Gasteiger partial charge >= 0.3 is 12.2 Å². The number of allylic oxidation sites excluding steroid dienone is 3. The predicted molar refractivity (Wildman–Crippen MR) is 198 cm³/mol. The van der Waals surface area contributed by atoms with Gasteiger partial charge < -0.3 is 30.0 Å². The van der Waals surface area contributed by atoms with Gasteiger partial charge in [0.25, 0.3) is 0 Å². The number of carbonyl (C=O) groups excluding carboxylic acids is 2. The Morgan fingerprint density at radius 3 is 2.33 bits per heavy atom. The molecule has 0 spiro atoms. The number of aryl methyl sites for hydroxylation is 1. The summed E-state index contributed by atoms with van der Waals surface area (Å²) in [5.41, 5.74) is 9.15. The number of nitrogens with one attached hydrogen (secondary N) is 1. The molecule has 1 aromatic heterocycles. The Labute approximate surface area is 298 Å². The minimum absolute atomic E-state index is 0.0625. The maximum Gasteiger partial charge on any atom is 0.410 e. The molecule has 270 valence electrons. The first-order valence-electron chi connectivity index (χ1n) is 17.4. The van der Waals surface area contributed by atoms with Crippen LogP contribution in [0.3, 0.4) is 0 Å². The topological polar surface area (TPSA) is 115 Å². The fourth-order valence-electron chi connectivity index (χ4n) is 5.85. The molecule has 1 saturated carbocycles. The van der Waals surface area contributed by atoms with E-state index in [1.807, 2.05) is 72.2 Å². The van der Waals surface area contributed by atoms with Crippen molar-refractivity contribution in [2.45, 2.75) is 104 Å². The van der Waals surface area contributed by atoms with Crippen molar-refractivity contribution in [3.8, 4) is 0 Å². The van der Waals surface area contributed by atoms with E-state index in [9.17, 15) is 9.59 Å². The molecular weight excluding hydrogens is 640 g/mol. The minimum Gasteiger partial charge on any atom is -0.444 e. The molecule has 11 heteroatoms. The van der Waals surface area contributed by atoms with E-state index < -0.39 is 23.3 Å². The van der Waals surface area contributed by atoms with Crippen LogP contribution in [0.25, 0.3) is 5.57 Å². The van der Waals surface area contributed by atoms with Crippen molar-refractivity contribution in [2.24, 2.45) is 12.8 Å². The van der Waals surface area contributed by atoms with E-state index in [4.69, 9.17) is 26.8 Å². The standard InChI is InChI=1S/C33H44ClN5O4.C3H7N.C2H6/c1-7-22-8-10-25(29(28-20-35-21-37(28)6)36-30(40)42-33(5)12-13-33)26-19-23(34)9-11-24(26)27(18-22)38-14-16-39(17-15-38)31(41)43-32(2,3)4;1-2-3-4;1-2/h7,9-11,19-21,27,29H,8,12-18H2,1-6H3,(H,36,40);2-3H,4H2,1H3;1-2H3/b22-7-,25-10+;3-2-;. The van der Waals surface area contributed by atoms with Gasteiger partial charge in [-0.15, -0.1) is 0 Å². The molecule has 1 saturated heterocycles. The molecule has 1 aliphatic heterocycles. The van der Waals surface area contributed by atoms with Crippen LogP contribution in [0.15, 0.2) is 60.7 Å². The fraction of sp³-hybridized carbons (Fsp3) is 0.553. The monoisotopic (exact) mass is 696 g/mol. The number of fused-ring (bicyclic) bond motifs is 1. The lowest BCUT2D eigenvalue weighted by Crippen LogP contribution is -2.51. The van der Waals surface area contributed by atoms with Gasteiger partial charge in [-0.1, -0.05) is 55.3 Å². The van der Waals surface area contributed by atoms with Crippen molar-refractivity contribution >= 4 is 29.4 Å². The first-order valence-corrected chi connectivity index (χ1v) is 17.8. The van der Waals surface area contributed by atoms with Crippen molar-refractivity contribution in [1.82, 2.24) is 24.7 Å². The summed E-state index contributed by atoms with van der Waals surface area (Å²) in [5.74, 6) is 0. The lowest BCUT2D eigenvalue weighted by molar-refractivity contribution is 0.0101. The van der Waals surface area contributed by atoms with Crippen molar-refractivity contribution in [3.05, 3.63) is 82.6 Å². The summed E-state index contributed by atoms with van der Waals surface area (Å²) < 4.78 is 13.4. The van der Waals surface area contributed by atoms with Gasteiger partial charge in [-0.05, 0) is 102 Å². The van der Waals surface area contributed by atoms with E-state index in [1.54, 1.807) is 23.5 Å². The van der Waals surface area contributed by atoms with E-state index in [2.05, 4.69) is 40.3 Å². The van der Waals surface area contributed by atoms with Crippen molar-refractivity contribution < 1.29 is 19.1 Å². The molecule has 0 radical (unpaired) electrons. The van der Waals surface area contributed by atoms with E-state index in [1.165, 1.54) is 11.8 Å². The number of hydrogen-bond acceptors (Lipinski definition) is 7. The Morgan fingerprint density at radius 1 is 1.14 bits per heavy atom. The molecule has 2 amide bonds. The second-order valence-corrected chi connectivity index (χ2v) is 14.1. The lowest BCUT2D eigenvalue weighted by Gasteiger charge is -2.41. The van der Waals surface area contributed by atoms with E-state index in [0.717, 1.165) is 61.2 Å². The number of piperazine rings is 1. The SMILES string of the molecule is C/C=C1/C/C=C(/C(NC(=O)OC2(C)CC2)c2cncn2C)c2cc(Cl)ccc2C(N2CCN(C(=O)OC(C)(C)C)CC2)C1.C/C=C\N.CC. The number of alkyl carbamates (subject to hydrolysis) is 1. The highest BCUT2D eigenvalue weighted by Gasteiger charge is 2.42. The van der Waals surface area contributed by atoms with Gasteiger partial charge in [0, 0.05) is 44.3 Å². The molecule has 3 aliphatic rings. The zero-order valence-corrected chi connectivity index (χ0v) is 31.6. The first kappa shape index (κ1) is 39.7. The average Bonchev–Trinajstić information content (AvgIpc) is 3.63. The maximum atomic E-state index is 13.2. The Hall–Kier alpha value is -3.76. The Morgan fingerprint density at radius 2 is 1.80 bits per heavy atom. The van der Waals surface area contributed by atoms with Gasteiger partial charge in [0.15, 0.2) is 0 Å². The number of hydrogen-bond donors (Lipinski definition) is 2. The van der Waals surface area contributed by atoms with Crippen LogP contribution >= 0.6 is 11.6 Å². The number of nitrogens with two attached hydrogens (primary N) is 1. The van der Waals surface area contributed by atoms with Crippen LogP contribution in [0.4, 0.5) is 9.59 Å². The molecule has 2 atom stereocenters. The minimum atomic E-state index is -0.531. The first-order chi connectivity index (χ1) is 23.3. The van der Waals surface area contributed by atoms with Gasteiger partial charge in [0.1, 0.15) is 11.2 Å². The summed E-state index contributed by atoms with van der Waals surface area (Å²) >= 11 is 6.65. The highest BCUT2D eigenvalue weighted by Crippen LogP contribution is 2.43. The van der Waals surface area contributed by atoms with Crippen LogP contribution in [0.5, 0.6) is 0 Å². The van der Waals surface area contributed by atoms with Gasteiger partial charge in [-0.25, -0.2) is 14.6 Å². The molecular formula is C38H57ClN6O4. The lowest BCUT2D eigenvalue weighted by atomic mass is 9.82. The number of halogens is 1. The summed E-state index contributed by atoms with van der Waals surface area (Å²) in [6, 6.07) is 5.62. The largest absolute Gasteiger partial charge is 0.444 e. The summed E-state index contributed by atoms with van der Waals surface area (Å²) in [7, 11) is 1.93. The Kier molecular flexibility index (Phi) is 14.4. The summed E-state index contributed by atoms with van der Waals surface area (Å²) in [6.45, 7) is 18.2. The third-order valence-corrected chi connectivity index (χ3v) is 8.98. The molecule has 10 nitrogen and oxygen atoms in total. The zero-order valence-electron chi connectivity index (χ0n) is 30.9. The van der Waals surface area contributed by atoms with Crippen LogP contribution in [0, 0.1) is 0 Å². The number of imidazole rings is 1. The summed E-state index contributed by atoms with van der Waals surface area (Å²) in [5, 5.41) is 3.80. The molecule has 3 N–H and O–H groups in total. The van der Waals surface area contributed by atoms with Crippen LogP contribution in [0.1, 0.15) is 110 Å². The molecule has 2 aliphatic carbocycles. The smallest absolute Gasteiger partial charge is 0.410 e. The molecule has 2 aromatic rings. The van der Waals surface area contributed by atoms with E-state index in [0.29, 0.717) is 18.1 Å². The van der Waals surface area contributed by atoms with Crippen LogP contribution in [-0.4, -0.2) is 68.9 Å². The summed E-state index contributed by atoms with van der Waals surface area (Å²) in [6.07, 6.45) is 13.8. The fourth-order valence-corrected chi connectivity index (χ4v) is 6.02. The number of benzene rings is 1. The van der Waals surface area contributed by atoms with Crippen LogP contribution in [-0.2, 0) is 16.5 Å². The number of amides is 2. The molecule has 1 aromatic carbocycles. The van der Waals surface area contributed by atoms with Crippen molar-refractivity contribution in [3.63, 3.8) is 0 Å². The Balaban J connectivity index is 0.00000101. The number of nitrogens with zero attached hydrogens (tertiary/aromatic N) is 4. The van der Waals surface area contributed by atoms with Gasteiger partial charge in [-0.3, -0.25) is 4.90 Å². The predicted octanol–water partition coefficient (Wildman–Crippen LogP) is 8.32. The normalized spacial score (nSPS) is 21.3. The molecule has 49 heavy (non-hydrogen) atoms. The number of ether oxygens (including phenoxy) is 2. The van der Waals surface area contributed by atoms with Crippen LogP contribution < -0.4 is 11.1 Å². The summed E-state index contributed by atoms with van der Waals surface area (Å²) in [4.78, 5) is 34.6. The second kappa shape index (κ2) is 17.8. The molecule has 2 fully saturated rings. The van der Waals surface area contributed by atoms with Crippen molar-refractivity contribution in [1.29, 1.82) is 0 Å². The second-order valence-electron chi connectivity index (χ2n) is 13.6. The van der Waals surface area contributed by atoms with Gasteiger partial charge in [0.2, 0.25) is 0 Å². The molecule has 2 heterocycles. The highest BCUT2D eigenvalue weighted by molar-refractivity contribution is 6.30. The molecule has 2 unspecified atom stereocenters. The maximum absolute atomic E-state index is 13.2. The number of carbonyl (C=O) groups is 2. The molecule has 0 bridgehead atoms.